The van der Waals surface area contributed by atoms with Crippen molar-refractivity contribution in [3.63, 3.8) is 0 Å². The molecule has 0 aliphatic carbocycles. The van der Waals surface area contributed by atoms with Gasteiger partial charge in [0.05, 0.1) is 16.3 Å². The number of halogens is 4. The molecule has 0 fully saturated rings. The maximum Gasteiger partial charge on any atom is 0.417 e. The third kappa shape index (κ3) is 2.90. The molecule has 0 saturated heterocycles. The minimum Gasteiger partial charge on any atom is -0.393 e. The summed E-state index contributed by atoms with van der Waals surface area (Å²) in [6.07, 6.45) is -2.66. The summed E-state index contributed by atoms with van der Waals surface area (Å²) < 4.78 is 38.6. The number of pyridine rings is 1. The standard InChI is InChI=1S/C12H12ClF3N4O/c1-2-3-8-9(17)11(21)20(19-8)10-7(13)4-6(5-18-10)12(14,15)16/h4-5,19H,2-3,17H2,1H3. The van der Waals surface area contributed by atoms with Crippen molar-refractivity contribution in [2.24, 2.45) is 0 Å². The van der Waals surface area contributed by atoms with E-state index in [1.807, 2.05) is 6.92 Å². The Morgan fingerprint density at radius 1 is 1.48 bits per heavy atom. The zero-order chi connectivity index (χ0) is 15.8. The number of anilines is 1. The van der Waals surface area contributed by atoms with Crippen molar-refractivity contribution >= 4 is 17.3 Å². The maximum atomic E-state index is 12.6. The van der Waals surface area contributed by atoms with Crippen LogP contribution in [-0.2, 0) is 12.6 Å². The van der Waals surface area contributed by atoms with Crippen LogP contribution in [0.5, 0.6) is 0 Å². The number of alkyl halides is 3. The van der Waals surface area contributed by atoms with Gasteiger partial charge in [0.1, 0.15) is 5.69 Å². The number of aromatic amines is 1. The van der Waals surface area contributed by atoms with Crippen LogP contribution in [0.15, 0.2) is 17.1 Å². The van der Waals surface area contributed by atoms with Gasteiger partial charge in [-0.3, -0.25) is 9.89 Å². The van der Waals surface area contributed by atoms with Crippen LogP contribution in [-0.4, -0.2) is 14.8 Å². The molecule has 0 atom stereocenters. The molecule has 5 nitrogen and oxygen atoms in total. The van der Waals surface area contributed by atoms with Crippen molar-refractivity contribution in [3.05, 3.63) is 38.9 Å². The third-order valence-electron chi connectivity index (χ3n) is 2.87. The highest BCUT2D eigenvalue weighted by atomic mass is 35.5. The average molecular weight is 321 g/mol. The number of rotatable bonds is 3. The molecule has 9 heteroatoms. The predicted octanol–water partition coefficient (Wildman–Crippen LogP) is 2.77. The second kappa shape index (κ2) is 5.44. The van der Waals surface area contributed by atoms with Crippen LogP contribution in [0.25, 0.3) is 5.82 Å². The quantitative estimate of drug-likeness (QED) is 0.913. The van der Waals surface area contributed by atoms with E-state index in [4.69, 9.17) is 17.3 Å². The lowest BCUT2D eigenvalue weighted by molar-refractivity contribution is -0.137. The molecule has 0 saturated carbocycles. The Hall–Kier alpha value is -1.96. The van der Waals surface area contributed by atoms with E-state index >= 15 is 0 Å². The molecule has 0 aliphatic rings. The van der Waals surface area contributed by atoms with Crippen LogP contribution in [0, 0.1) is 0 Å². The number of aromatic nitrogens is 3. The summed E-state index contributed by atoms with van der Waals surface area (Å²) in [5, 5.41) is 2.42. The van der Waals surface area contributed by atoms with E-state index in [9.17, 15) is 18.0 Å². The van der Waals surface area contributed by atoms with Crippen molar-refractivity contribution < 1.29 is 13.2 Å². The molecular formula is C12H12ClF3N4O. The van der Waals surface area contributed by atoms with Crippen LogP contribution >= 0.6 is 11.6 Å². The number of hydrogen-bond acceptors (Lipinski definition) is 3. The van der Waals surface area contributed by atoms with Gasteiger partial charge in [0.2, 0.25) is 0 Å². The van der Waals surface area contributed by atoms with Crippen LogP contribution < -0.4 is 11.3 Å². The zero-order valence-electron chi connectivity index (χ0n) is 11.0. The first-order valence-corrected chi connectivity index (χ1v) is 6.46. The number of nitrogens with one attached hydrogen (secondary N) is 1. The van der Waals surface area contributed by atoms with Crippen LogP contribution in [0.1, 0.15) is 24.6 Å². The first-order chi connectivity index (χ1) is 9.75. The van der Waals surface area contributed by atoms with Gasteiger partial charge in [0, 0.05) is 6.20 Å². The lowest BCUT2D eigenvalue weighted by Crippen LogP contribution is -2.18. The minimum atomic E-state index is -4.55. The summed E-state index contributed by atoms with van der Waals surface area (Å²) in [5.41, 5.74) is 4.59. The van der Waals surface area contributed by atoms with Gasteiger partial charge < -0.3 is 5.73 Å². The number of H-pyrrole nitrogens is 1. The molecule has 2 aromatic heterocycles. The molecule has 2 rings (SSSR count). The highest BCUT2D eigenvalue weighted by Crippen LogP contribution is 2.31. The zero-order valence-corrected chi connectivity index (χ0v) is 11.7. The summed E-state index contributed by atoms with van der Waals surface area (Å²) in [7, 11) is 0. The highest BCUT2D eigenvalue weighted by molar-refractivity contribution is 6.32. The summed E-state index contributed by atoms with van der Waals surface area (Å²) in [6.45, 7) is 1.90. The van der Waals surface area contributed by atoms with Crippen LogP contribution in [0.2, 0.25) is 5.02 Å². The monoisotopic (exact) mass is 320 g/mol. The molecule has 2 heterocycles. The van der Waals surface area contributed by atoms with E-state index in [1.165, 1.54) is 0 Å². The van der Waals surface area contributed by atoms with E-state index in [-0.39, 0.29) is 16.5 Å². The molecule has 0 aromatic carbocycles. The normalized spacial score (nSPS) is 11.9. The average Bonchev–Trinajstić information content (AvgIpc) is 2.66. The number of nitrogens with two attached hydrogens (primary N) is 1. The Morgan fingerprint density at radius 2 is 2.14 bits per heavy atom. The lowest BCUT2D eigenvalue weighted by Gasteiger charge is -2.09. The first kappa shape index (κ1) is 15.4. The summed E-state index contributed by atoms with van der Waals surface area (Å²) >= 11 is 5.80. The smallest absolute Gasteiger partial charge is 0.393 e. The van der Waals surface area contributed by atoms with Gasteiger partial charge >= 0.3 is 6.18 Å². The molecule has 0 unspecified atom stereocenters. The number of hydrogen-bond donors (Lipinski definition) is 2. The Bertz CT molecular complexity index is 720. The largest absolute Gasteiger partial charge is 0.417 e. The molecule has 3 N–H and O–H groups in total. The van der Waals surface area contributed by atoms with Gasteiger partial charge in [-0.15, -0.1) is 0 Å². The van der Waals surface area contributed by atoms with Gasteiger partial charge in [-0.25, -0.2) is 4.98 Å². The summed E-state index contributed by atoms with van der Waals surface area (Å²) in [5.74, 6) is -0.122. The van der Waals surface area contributed by atoms with Crippen LogP contribution in [0.3, 0.4) is 0 Å². The van der Waals surface area contributed by atoms with E-state index in [1.54, 1.807) is 0 Å². The Balaban J connectivity index is 2.53. The topological polar surface area (TPSA) is 76.7 Å². The van der Waals surface area contributed by atoms with Gasteiger partial charge in [0.25, 0.3) is 5.56 Å². The first-order valence-electron chi connectivity index (χ1n) is 6.08. The van der Waals surface area contributed by atoms with Crippen LogP contribution in [0.4, 0.5) is 18.9 Å². The fourth-order valence-electron chi connectivity index (χ4n) is 1.84. The Labute approximate surface area is 122 Å². The number of aryl methyl sites for hydroxylation is 1. The fraction of sp³-hybridized carbons (Fsp3) is 0.333. The maximum absolute atomic E-state index is 12.6. The molecule has 0 radical (unpaired) electrons. The fourth-order valence-corrected chi connectivity index (χ4v) is 2.09. The van der Waals surface area contributed by atoms with Crippen molar-refractivity contribution in [2.75, 3.05) is 5.73 Å². The molecular weight excluding hydrogens is 309 g/mol. The SMILES string of the molecule is CCCc1[nH]n(-c2ncc(C(F)(F)F)cc2Cl)c(=O)c1N. The van der Waals surface area contributed by atoms with Gasteiger partial charge in [0.15, 0.2) is 5.82 Å². The van der Waals surface area contributed by atoms with Gasteiger partial charge in [-0.1, -0.05) is 24.9 Å². The van der Waals surface area contributed by atoms with Crippen molar-refractivity contribution in [2.45, 2.75) is 25.9 Å². The number of nitrogens with zero attached hydrogens (tertiary/aromatic N) is 2. The highest BCUT2D eigenvalue weighted by Gasteiger charge is 2.32. The van der Waals surface area contributed by atoms with Crippen molar-refractivity contribution in [3.8, 4) is 5.82 Å². The second-order valence-electron chi connectivity index (χ2n) is 4.42. The molecule has 0 bridgehead atoms. The predicted molar refractivity (Wildman–Crippen MR) is 72.6 cm³/mol. The second-order valence-corrected chi connectivity index (χ2v) is 4.83. The minimum absolute atomic E-state index is 0.00890. The molecule has 0 aliphatic heterocycles. The van der Waals surface area contributed by atoms with Gasteiger partial charge in [-0.2, -0.15) is 17.9 Å². The number of nitrogen functional groups attached to an aromatic ring is 1. The lowest BCUT2D eigenvalue weighted by atomic mass is 10.2. The molecule has 0 spiro atoms. The summed E-state index contributed by atoms with van der Waals surface area (Å²) in [4.78, 5) is 15.6. The molecule has 21 heavy (non-hydrogen) atoms. The Morgan fingerprint density at radius 3 is 2.67 bits per heavy atom. The van der Waals surface area contributed by atoms with E-state index in [0.717, 1.165) is 11.1 Å². The molecule has 2 aromatic rings. The summed E-state index contributed by atoms with van der Waals surface area (Å²) in [6, 6.07) is 0.715. The molecule has 114 valence electrons. The van der Waals surface area contributed by atoms with E-state index < -0.39 is 17.3 Å². The van der Waals surface area contributed by atoms with Crippen molar-refractivity contribution in [1.29, 1.82) is 0 Å². The van der Waals surface area contributed by atoms with E-state index in [2.05, 4.69) is 10.1 Å². The van der Waals surface area contributed by atoms with E-state index in [0.29, 0.717) is 24.4 Å². The Kier molecular flexibility index (Phi) is 3.99. The molecule has 0 amide bonds. The third-order valence-corrected chi connectivity index (χ3v) is 3.14. The van der Waals surface area contributed by atoms with Crippen molar-refractivity contribution in [1.82, 2.24) is 14.8 Å². The van der Waals surface area contributed by atoms with Gasteiger partial charge in [-0.05, 0) is 12.5 Å².